The van der Waals surface area contributed by atoms with E-state index in [0.717, 1.165) is 5.56 Å². The summed E-state index contributed by atoms with van der Waals surface area (Å²) in [5.74, 6) is 0. The van der Waals surface area contributed by atoms with E-state index in [1.807, 2.05) is 6.92 Å². The molecule has 0 aliphatic heterocycles. The largest absolute Gasteiger partial charge is 0.395 e. The molecular weight excluding hydrogens is 263 g/mol. The molecule has 0 saturated heterocycles. The Hall–Kier alpha value is -0.970. The van der Waals surface area contributed by atoms with Crippen LogP contribution in [0.2, 0.25) is 10.0 Å². The highest BCUT2D eigenvalue weighted by Crippen LogP contribution is 2.25. The first kappa shape index (κ1) is 14.1. The summed E-state index contributed by atoms with van der Waals surface area (Å²) in [4.78, 5) is 11.4. The van der Waals surface area contributed by atoms with E-state index in [1.54, 1.807) is 18.2 Å². The lowest BCUT2D eigenvalue weighted by atomic mass is 10.1. The van der Waals surface area contributed by atoms with Crippen molar-refractivity contribution >= 4 is 29.2 Å². The summed E-state index contributed by atoms with van der Waals surface area (Å²) in [5.41, 5.74) is 0.787. The van der Waals surface area contributed by atoms with Gasteiger partial charge in [-0.1, -0.05) is 29.3 Å². The Balaban J connectivity index is 2.63. The van der Waals surface area contributed by atoms with Crippen molar-refractivity contribution in [3.8, 4) is 0 Å². The van der Waals surface area contributed by atoms with Crippen LogP contribution >= 0.6 is 23.2 Å². The van der Waals surface area contributed by atoms with Gasteiger partial charge in [-0.15, -0.1) is 0 Å². The number of amides is 2. The average molecular weight is 277 g/mol. The predicted molar refractivity (Wildman–Crippen MR) is 68.5 cm³/mol. The van der Waals surface area contributed by atoms with Gasteiger partial charge < -0.3 is 15.7 Å². The number of aliphatic hydroxyl groups excluding tert-OH is 1. The van der Waals surface area contributed by atoms with Crippen LogP contribution in [0.3, 0.4) is 0 Å². The van der Waals surface area contributed by atoms with E-state index in [-0.39, 0.29) is 25.2 Å². The van der Waals surface area contributed by atoms with Gasteiger partial charge in [-0.25, -0.2) is 4.79 Å². The molecule has 0 heterocycles. The lowest BCUT2D eigenvalue weighted by Gasteiger charge is -2.16. The molecule has 0 spiro atoms. The number of benzene rings is 1. The fourth-order valence-electron chi connectivity index (χ4n) is 1.35. The SMILES string of the molecule is CC(NC(=O)NCCO)c1ccc(Cl)cc1Cl. The van der Waals surface area contributed by atoms with Crippen LogP contribution in [0.4, 0.5) is 4.79 Å². The van der Waals surface area contributed by atoms with Gasteiger partial charge in [0, 0.05) is 16.6 Å². The first-order valence-corrected chi connectivity index (χ1v) is 5.90. The number of hydrogen-bond donors (Lipinski definition) is 3. The molecule has 17 heavy (non-hydrogen) atoms. The van der Waals surface area contributed by atoms with Crippen LogP contribution in [0.5, 0.6) is 0 Å². The van der Waals surface area contributed by atoms with Gasteiger partial charge in [-0.3, -0.25) is 0 Å². The maximum Gasteiger partial charge on any atom is 0.315 e. The molecule has 0 bridgehead atoms. The number of carbonyl (C=O) groups excluding carboxylic acids is 1. The van der Waals surface area contributed by atoms with E-state index in [1.165, 1.54) is 0 Å². The third kappa shape index (κ3) is 4.42. The predicted octanol–water partition coefficient (Wildman–Crippen LogP) is 2.35. The second-order valence-electron chi connectivity index (χ2n) is 3.51. The van der Waals surface area contributed by atoms with Crippen LogP contribution < -0.4 is 10.6 Å². The maximum atomic E-state index is 11.4. The number of carbonyl (C=O) groups is 1. The van der Waals surface area contributed by atoms with Crippen LogP contribution in [0, 0.1) is 0 Å². The van der Waals surface area contributed by atoms with Crippen molar-refractivity contribution in [2.45, 2.75) is 13.0 Å². The normalized spacial score (nSPS) is 12.0. The lowest BCUT2D eigenvalue weighted by molar-refractivity contribution is 0.231. The standard InChI is InChI=1S/C11H14Cl2N2O2/c1-7(15-11(17)14-4-5-16)9-3-2-8(12)6-10(9)13/h2-3,6-7,16H,4-5H2,1H3,(H2,14,15,17). The first-order chi connectivity index (χ1) is 8.04. The fraction of sp³-hybridized carbons (Fsp3) is 0.364. The molecule has 0 aliphatic carbocycles. The summed E-state index contributed by atoms with van der Waals surface area (Å²) in [7, 11) is 0. The summed E-state index contributed by atoms with van der Waals surface area (Å²) >= 11 is 11.8. The van der Waals surface area contributed by atoms with Gasteiger partial charge in [-0.2, -0.15) is 0 Å². The second kappa shape index (κ2) is 6.69. The maximum absolute atomic E-state index is 11.4. The topological polar surface area (TPSA) is 61.4 Å². The zero-order valence-electron chi connectivity index (χ0n) is 9.34. The number of urea groups is 1. The Morgan fingerprint density at radius 3 is 2.76 bits per heavy atom. The molecule has 0 aromatic heterocycles. The fourth-order valence-corrected chi connectivity index (χ4v) is 1.92. The minimum Gasteiger partial charge on any atom is -0.395 e. The molecule has 1 rings (SSSR count). The van der Waals surface area contributed by atoms with E-state index in [4.69, 9.17) is 28.3 Å². The van der Waals surface area contributed by atoms with Gasteiger partial charge in [0.1, 0.15) is 0 Å². The molecular formula is C11H14Cl2N2O2. The monoisotopic (exact) mass is 276 g/mol. The van der Waals surface area contributed by atoms with Gasteiger partial charge in [0.05, 0.1) is 12.6 Å². The summed E-state index contributed by atoms with van der Waals surface area (Å²) in [6, 6.07) is 4.52. The Kier molecular flexibility index (Phi) is 5.55. The van der Waals surface area contributed by atoms with Crippen LogP contribution in [-0.2, 0) is 0 Å². The van der Waals surface area contributed by atoms with Gasteiger partial charge in [0.2, 0.25) is 0 Å². The molecule has 1 aromatic carbocycles. The van der Waals surface area contributed by atoms with Crippen LogP contribution in [-0.4, -0.2) is 24.3 Å². The van der Waals surface area contributed by atoms with E-state index in [0.29, 0.717) is 10.0 Å². The Morgan fingerprint density at radius 1 is 1.47 bits per heavy atom. The zero-order chi connectivity index (χ0) is 12.8. The molecule has 0 saturated carbocycles. The third-order valence-corrected chi connectivity index (χ3v) is 2.74. The summed E-state index contributed by atoms with van der Waals surface area (Å²) in [6.45, 7) is 1.93. The highest BCUT2D eigenvalue weighted by molar-refractivity contribution is 6.35. The second-order valence-corrected chi connectivity index (χ2v) is 4.36. The molecule has 0 radical (unpaired) electrons. The van der Waals surface area contributed by atoms with Crippen molar-refractivity contribution < 1.29 is 9.90 Å². The first-order valence-electron chi connectivity index (χ1n) is 5.14. The van der Waals surface area contributed by atoms with Crippen molar-refractivity contribution in [3.05, 3.63) is 33.8 Å². The van der Waals surface area contributed by atoms with E-state index < -0.39 is 0 Å². The molecule has 1 unspecified atom stereocenters. The summed E-state index contributed by atoms with van der Waals surface area (Å²) in [6.07, 6.45) is 0. The summed E-state index contributed by atoms with van der Waals surface area (Å²) in [5, 5.41) is 14.8. The molecule has 1 aromatic rings. The lowest BCUT2D eigenvalue weighted by Crippen LogP contribution is -2.38. The van der Waals surface area contributed by atoms with Gasteiger partial charge >= 0.3 is 6.03 Å². The van der Waals surface area contributed by atoms with Gasteiger partial charge in [-0.05, 0) is 24.6 Å². The molecule has 1 atom stereocenters. The van der Waals surface area contributed by atoms with Crippen molar-refractivity contribution in [1.82, 2.24) is 10.6 Å². The summed E-state index contributed by atoms with van der Waals surface area (Å²) < 4.78 is 0. The number of rotatable bonds is 4. The highest BCUT2D eigenvalue weighted by atomic mass is 35.5. The number of halogens is 2. The molecule has 0 aliphatic rings. The number of nitrogens with one attached hydrogen (secondary N) is 2. The molecule has 4 nitrogen and oxygen atoms in total. The minimum absolute atomic E-state index is 0.0937. The quantitative estimate of drug-likeness (QED) is 0.791. The highest BCUT2D eigenvalue weighted by Gasteiger charge is 2.12. The van der Waals surface area contributed by atoms with E-state index in [2.05, 4.69) is 10.6 Å². The molecule has 3 N–H and O–H groups in total. The Morgan fingerprint density at radius 2 is 2.18 bits per heavy atom. The van der Waals surface area contributed by atoms with Crippen molar-refractivity contribution in [2.75, 3.05) is 13.2 Å². The number of hydrogen-bond acceptors (Lipinski definition) is 2. The molecule has 2 amide bonds. The molecule has 0 fully saturated rings. The van der Waals surface area contributed by atoms with Crippen LogP contribution in [0.1, 0.15) is 18.5 Å². The van der Waals surface area contributed by atoms with E-state index in [9.17, 15) is 4.79 Å². The van der Waals surface area contributed by atoms with E-state index >= 15 is 0 Å². The van der Waals surface area contributed by atoms with Crippen molar-refractivity contribution in [2.24, 2.45) is 0 Å². The molecule has 94 valence electrons. The Labute approximate surface area is 110 Å². The van der Waals surface area contributed by atoms with Crippen molar-refractivity contribution in [3.63, 3.8) is 0 Å². The average Bonchev–Trinajstić information content (AvgIpc) is 2.26. The van der Waals surface area contributed by atoms with Crippen LogP contribution in [0.15, 0.2) is 18.2 Å². The van der Waals surface area contributed by atoms with Gasteiger partial charge in [0.15, 0.2) is 0 Å². The number of aliphatic hydroxyl groups is 1. The minimum atomic E-state index is -0.349. The smallest absolute Gasteiger partial charge is 0.315 e. The third-order valence-electron chi connectivity index (χ3n) is 2.17. The van der Waals surface area contributed by atoms with Gasteiger partial charge in [0.25, 0.3) is 0 Å². The Bertz CT molecular complexity index is 399. The molecule has 6 heteroatoms. The van der Waals surface area contributed by atoms with Crippen molar-refractivity contribution in [1.29, 1.82) is 0 Å². The van der Waals surface area contributed by atoms with Crippen LogP contribution in [0.25, 0.3) is 0 Å². The zero-order valence-corrected chi connectivity index (χ0v) is 10.8.